The molecule has 0 aromatic carbocycles. The first kappa shape index (κ1) is 12.9. The number of hydrogen-bond donors (Lipinski definition) is 2. The molecule has 0 bridgehead atoms. The second-order valence-corrected chi connectivity index (χ2v) is 2.61. The minimum atomic E-state index is -0.831. The minimum absolute atomic E-state index is 0.549. The molecular weight excluding hydrogens is 146 g/mol. The van der Waals surface area contributed by atoms with Crippen molar-refractivity contribution >= 4 is 6.09 Å². The van der Waals surface area contributed by atoms with Crippen LogP contribution >= 0.6 is 0 Å². The van der Waals surface area contributed by atoms with Crippen LogP contribution in [0, 0.1) is 0 Å². The van der Waals surface area contributed by atoms with Gasteiger partial charge in [0.15, 0.2) is 0 Å². The van der Waals surface area contributed by atoms with Gasteiger partial charge in [-0.2, -0.15) is 0 Å². The Labute approximate surface area is 67.5 Å². The van der Waals surface area contributed by atoms with E-state index in [1.807, 2.05) is 13.8 Å². The van der Waals surface area contributed by atoms with E-state index < -0.39 is 11.7 Å². The Morgan fingerprint density at radius 2 is 1.73 bits per heavy atom. The number of rotatable bonds is 0. The molecule has 0 saturated carbocycles. The van der Waals surface area contributed by atoms with Gasteiger partial charge in [0.2, 0.25) is 0 Å². The van der Waals surface area contributed by atoms with E-state index in [-0.39, 0.29) is 0 Å². The quantitative estimate of drug-likeness (QED) is 0.423. The van der Waals surface area contributed by atoms with Gasteiger partial charge in [0.25, 0.3) is 0 Å². The van der Waals surface area contributed by atoms with Crippen molar-refractivity contribution in [3.63, 3.8) is 0 Å². The summed E-state index contributed by atoms with van der Waals surface area (Å²) in [6.45, 7) is 9.13. The minimum Gasteiger partial charge on any atom is -0.442 e. The van der Waals surface area contributed by atoms with Crippen molar-refractivity contribution in [1.29, 1.82) is 0 Å². The fourth-order valence-electron chi connectivity index (χ4n) is 0.301. The average Bonchev–Trinajstić information content (AvgIpc) is 1.89. The maximum absolute atomic E-state index is 10.2. The Bertz CT molecular complexity index is 107. The Hall–Kier alpha value is -0.770. The standard InChI is InChI=1S/C5H11NO3.C2H6/c1-5(2,3)9-4(7)6-8;1-2/h8H,1-3H3,(H,6,7);1-2H3. The predicted octanol–water partition coefficient (Wildman–Crippen LogP) is 1.93. The molecule has 0 aliphatic heterocycles. The van der Waals surface area contributed by atoms with Gasteiger partial charge in [-0.3, -0.25) is 5.21 Å². The highest BCUT2D eigenvalue weighted by atomic mass is 16.6. The number of hydrogen-bond acceptors (Lipinski definition) is 3. The molecule has 0 atom stereocenters. The lowest BCUT2D eigenvalue weighted by Gasteiger charge is -2.17. The first-order valence-electron chi connectivity index (χ1n) is 3.59. The molecule has 0 aliphatic rings. The van der Waals surface area contributed by atoms with Crippen LogP contribution in [0.25, 0.3) is 0 Å². The smallest absolute Gasteiger partial charge is 0.431 e. The summed E-state index contributed by atoms with van der Waals surface area (Å²) in [6, 6.07) is 0. The van der Waals surface area contributed by atoms with Crippen molar-refractivity contribution in [2.45, 2.75) is 40.2 Å². The van der Waals surface area contributed by atoms with Crippen LogP contribution in [-0.4, -0.2) is 16.9 Å². The summed E-state index contributed by atoms with van der Waals surface area (Å²) in [7, 11) is 0. The van der Waals surface area contributed by atoms with Gasteiger partial charge in [-0.1, -0.05) is 13.8 Å². The van der Waals surface area contributed by atoms with Crippen LogP contribution < -0.4 is 5.48 Å². The summed E-state index contributed by atoms with van der Waals surface area (Å²) in [5.74, 6) is 0. The third kappa shape index (κ3) is 12.4. The van der Waals surface area contributed by atoms with E-state index in [0.29, 0.717) is 0 Å². The summed E-state index contributed by atoms with van der Waals surface area (Å²) in [4.78, 5) is 10.2. The highest BCUT2D eigenvalue weighted by molar-refractivity contribution is 5.65. The molecule has 0 aliphatic carbocycles. The molecule has 0 spiro atoms. The van der Waals surface area contributed by atoms with Gasteiger partial charge in [-0.05, 0) is 20.8 Å². The van der Waals surface area contributed by atoms with Crippen LogP contribution in [-0.2, 0) is 4.74 Å². The SMILES string of the molecule is CC.CC(C)(C)OC(=O)NO. The molecule has 0 radical (unpaired) electrons. The van der Waals surface area contributed by atoms with Gasteiger partial charge >= 0.3 is 6.09 Å². The van der Waals surface area contributed by atoms with Crippen LogP contribution in [0.2, 0.25) is 0 Å². The van der Waals surface area contributed by atoms with E-state index in [1.165, 1.54) is 5.48 Å². The highest BCUT2D eigenvalue weighted by Gasteiger charge is 2.14. The molecular formula is C7H17NO3. The van der Waals surface area contributed by atoms with Gasteiger partial charge < -0.3 is 4.74 Å². The Kier molecular flexibility index (Phi) is 6.99. The van der Waals surface area contributed by atoms with E-state index in [0.717, 1.165) is 0 Å². The maximum atomic E-state index is 10.2. The highest BCUT2D eigenvalue weighted by Crippen LogP contribution is 2.05. The molecule has 2 N–H and O–H groups in total. The Morgan fingerprint density at radius 1 is 1.36 bits per heavy atom. The first-order chi connectivity index (χ1) is 4.95. The molecule has 0 aromatic rings. The van der Waals surface area contributed by atoms with Crippen LogP contribution in [0.3, 0.4) is 0 Å². The molecule has 68 valence electrons. The monoisotopic (exact) mass is 163 g/mol. The van der Waals surface area contributed by atoms with Crippen molar-refractivity contribution in [2.75, 3.05) is 0 Å². The fourth-order valence-corrected chi connectivity index (χ4v) is 0.301. The molecule has 4 nitrogen and oxygen atoms in total. The molecule has 0 aromatic heterocycles. The molecule has 0 unspecified atom stereocenters. The number of carbonyl (C=O) groups excluding carboxylic acids is 1. The zero-order valence-electron chi connectivity index (χ0n) is 7.76. The summed E-state index contributed by atoms with van der Waals surface area (Å²) < 4.78 is 4.59. The number of hydroxylamine groups is 1. The number of amides is 1. The Morgan fingerprint density at radius 3 is 1.82 bits per heavy atom. The van der Waals surface area contributed by atoms with Gasteiger partial charge in [0.1, 0.15) is 5.60 Å². The number of carbonyl (C=O) groups is 1. The third-order valence-electron chi connectivity index (χ3n) is 0.490. The third-order valence-corrected chi connectivity index (χ3v) is 0.490. The summed E-state index contributed by atoms with van der Waals surface area (Å²) in [6.07, 6.45) is -0.831. The molecule has 0 rings (SSSR count). The average molecular weight is 163 g/mol. The van der Waals surface area contributed by atoms with Crippen molar-refractivity contribution in [1.82, 2.24) is 5.48 Å². The largest absolute Gasteiger partial charge is 0.442 e. The number of nitrogens with one attached hydrogen (secondary N) is 1. The topological polar surface area (TPSA) is 58.6 Å². The predicted molar refractivity (Wildman–Crippen MR) is 42.5 cm³/mol. The Balaban J connectivity index is 0. The molecule has 1 amide bonds. The number of ether oxygens (including phenoxy) is 1. The van der Waals surface area contributed by atoms with Gasteiger partial charge in [0.05, 0.1) is 0 Å². The molecule has 4 heteroatoms. The van der Waals surface area contributed by atoms with E-state index in [9.17, 15) is 4.79 Å². The van der Waals surface area contributed by atoms with Gasteiger partial charge in [-0.15, -0.1) is 0 Å². The van der Waals surface area contributed by atoms with E-state index in [1.54, 1.807) is 20.8 Å². The van der Waals surface area contributed by atoms with Crippen molar-refractivity contribution in [2.24, 2.45) is 0 Å². The van der Waals surface area contributed by atoms with E-state index >= 15 is 0 Å². The summed E-state index contributed by atoms with van der Waals surface area (Å²) in [5, 5.41) is 7.97. The summed E-state index contributed by atoms with van der Waals surface area (Å²) in [5.41, 5.74) is 0.812. The lowest BCUT2D eigenvalue weighted by molar-refractivity contribution is 0.0229. The van der Waals surface area contributed by atoms with E-state index in [4.69, 9.17) is 5.21 Å². The lowest BCUT2D eigenvalue weighted by atomic mass is 10.2. The fraction of sp³-hybridized carbons (Fsp3) is 0.857. The van der Waals surface area contributed by atoms with Crippen LogP contribution in [0.15, 0.2) is 0 Å². The first-order valence-corrected chi connectivity index (χ1v) is 3.59. The van der Waals surface area contributed by atoms with Crippen LogP contribution in [0.4, 0.5) is 4.79 Å². The summed E-state index contributed by atoms with van der Waals surface area (Å²) >= 11 is 0. The molecule has 0 fully saturated rings. The van der Waals surface area contributed by atoms with Crippen molar-refractivity contribution < 1.29 is 14.7 Å². The van der Waals surface area contributed by atoms with Gasteiger partial charge in [0, 0.05) is 0 Å². The van der Waals surface area contributed by atoms with Crippen molar-refractivity contribution in [3.05, 3.63) is 0 Å². The van der Waals surface area contributed by atoms with Gasteiger partial charge in [-0.25, -0.2) is 10.3 Å². The zero-order chi connectivity index (χ0) is 9.49. The van der Waals surface area contributed by atoms with Crippen molar-refractivity contribution in [3.8, 4) is 0 Å². The zero-order valence-corrected chi connectivity index (χ0v) is 7.76. The van der Waals surface area contributed by atoms with E-state index in [2.05, 4.69) is 4.74 Å². The van der Waals surface area contributed by atoms with Crippen LogP contribution in [0.5, 0.6) is 0 Å². The van der Waals surface area contributed by atoms with Crippen LogP contribution in [0.1, 0.15) is 34.6 Å². The normalized spacial score (nSPS) is 9.27. The maximum Gasteiger partial charge on any atom is 0.431 e. The second kappa shape index (κ2) is 5.97. The lowest BCUT2D eigenvalue weighted by Crippen LogP contribution is -2.30. The molecule has 0 heterocycles. The molecule has 11 heavy (non-hydrogen) atoms. The molecule has 0 saturated heterocycles. The second-order valence-electron chi connectivity index (χ2n) is 2.61.